The number of nitrogens with one attached hydrogen (secondary N) is 1. The quantitative estimate of drug-likeness (QED) is 0.764. The molecule has 0 bridgehead atoms. The predicted molar refractivity (Wildman–Crippen MR) is 70.0 cm³/mol. The Morgan fingerprint density at radius 2 is 1.95 bits per heavy atom. The molecule has 0 aromatic carbocycles. The molecule has 6 nitrogen and oxygen atoms in total. The van der Waals surface area contributed by atoms with Crippen LogP contribution in [0, 0.1) is 5.92 Å². The number of hydrogen-bond acceptors (Lipinski definition) is 3. The van der Waals surface area contributed by atoms with Crippen molar-refractivity contribution in [1.82, 2.24) is 10.2 Å². The largest absolute Gasteiger partial charge is 0.480 e. The lowest BCUT2D eigenvalue weighted by Gasteiger charge is -2.31. The Morgan fingerprint density at radius 1 is 1.30 bits per heavy atom. The van der Waals surface area contributed by atoms with E-state index in [9.17, 15) is 19.5 Å². The Morgan fingerprint density at radius 3 is 2.50 bits per heavy atom. The molecule has 3 aliphatic rings. The topological polar surface area (TPSA) is 86.7 Å². The molecule has 0 aromatic rings. The van der Waals surface area contributed by atoms with Gasteiger partial charge in [0.15, 0.2) is 0 Å². The van der Waals surface area contributed by atoms with Crippen LogP contribution in [0.1, 0.15) is 51.4 Å². The minimum atomic E-state index is -1.08. The molecule has 3 rings (SSSR count). The average Bonchev–Trinajstić information content (AvgIpc) is 3.19. The summed E-state index contributed by atoms with van der Waals surface area (Å²) in [5.74, 6) is -1.05. The summed E-state index contributed by atoms with van der Waals surface area (Å²) in [6.45, 7) is 0. The number of urea groups is 1. The van der Waals surface area contributed by atoms with Gasteiger partial charge in [0, 0.05) is 0 Å². The number of aliphatic carboxylic acids is 1. The van der Waals surface area contributed by atoms with Crippen molar-refractivity contribution in [2.45, 2.75) is 62.9 Å². The first-order chi connectivity index (χ1) is 9.53. The van der Waals surface area contributed by atoms with Crippen LogP contribution in [0.5, 0.6) is 0 Å². The molecule has 3 fully saturated rings. The van der Waals surface area contributed by atoms with Gasteiger partial charge in [0.05, 0.1) is 0 Å². The maximum atomic E-state index is 12.6. The van der Waals surface area contributed by atoms with Gasteiger partial charge in [-0.3, -0.25) is 4.79 Å². The highest BCUT2D eigenvalue weighted by molar-refractivity contribution is 6.09. The lowest BCUT2D eigenvalue weighted by Crippen LogP contribution is -2.50. The average molecular weight is 280 g/mol. The van der Waals surface area contributed by atoms with E-state index in [-0.39, 0.29) is 5.91 Å². The zero-order valence-electron chi connectivity index (χ0n) is 11.4. The van der Waals surface area contributed by atoms with Crippen molar-refractivity contribution in [2.75, 3.05) is 0 Å². The third-order valence-electron chi connectivity index (χ3n) is 4.75. The fourth-order valence-electron chi connectivity index (χ4n) is 3.40. The van der Waals surface area contributed by atoms with Crippen LogP contribution in [0.25, 0.3) is 0 Å². The van der Waals surface area contributed by atoms with Crippen molar-refractivity contribution in [3.8, 4) is 0 Å². The van der Waals surface area contributed by atoms with Crippen LogP contribution >= 0.6 is 0 Å². The van der Waals surface area contributed by atoms with Gasteiger partial charge in [-0.15, -0.1) is 0 Å². The Kier molecular flexibility index (Phi) is 3.18. The van der Waals surface area contributed by atoms with E-state index in [0.29, 0.717) is 25.2 Å². The zero-order valence-corrected chi connectivity index (χ0v) is 11.4. The number of hydrogen-bond donors (Lipinski definition) is 2. The van der Waals surface area contributed by atoms with Crippen molar-refractivity contribution >= 4 is 17.9 Å². The monoisotopic (exact) mass is 280 g/mol. The smallest absolute Gasteiger partial charge is 0.327 e. The summed E-state index contributed by atoms with van der Waals surface area (Å²) < 4.78 is 0. The van der Waals surface area contributed by atoms with Crippen molar-refractivity contribution in [3.63, 3.8) is 0 Å². The molecule has 6 heteroatoms. The molecule has 1 spiro atoms. The summed E-state index contributed by atoms with van der Waals surface area (Å²) in [6.07, 6.45) is 6.52. The summed E-state index contributed by atoms with van der Waals surface area (Å²) in [5.41, 5.74) is -0.827. The van der Waals surface area contributed by atoms with Gasteiger partial charge < -0.3 is 10.4 Å². The summed E-state index contributed by atoms with van der Waals surface area (Å²) in [5, 5.41) is 12.1. The molecule has 1 aliphatic heterocycles. The lowest BCUT2D eigenvalue weighted by molar-refractivity contribution is -0.148. The number of amides is 3. The van der Waals surface area contributed by atoms with E-state index < -0.39 is 23.6 Å². The zero-order chi connectivity index (χ0) is 14.3. The molecule has 2 N–H and O–H groups in total. The van der Waals surface area contributed by atoms with Gasteiger partial charge in [-0.05, 0) is 25.2 Å². The van der Waals surface area contributed by atoms with Crippen LogP contribution in [0.3, 0.4) is 0 Å². The Hall–Kier alpha value is -1.59. The summed E-state index contributed by atoms with van der Waals surface area (Å²) in [7, 11) is 0. The van der Waals surface area contributed by atoms with E-state index in [1.54, 1.807) is 0 Å². The van der Waals surface area contributed by atoms with E-state index in [0.717, 1.165) is 37.0 Å². The van der Waals surface area contributed by atoms with Crippen LogP contribution in [-0.4, -0.2) is 39.5 Å². The van der Waals surface area contributed by atoms with E-state index in [1.807, 2.05) is 0 Å². The summed E-state index contributed by atoms with van der Waals surface area (Å²) in [6, 6.07) is -1.53. The van der Waals surface area contributed by atoms with Crippen molar-refractivity contribution < 1.29 is 19.5 Å². The molecule has 0 radical (unpaired) electrons. The van der Waals surface area contributed by atoms with Gasteiger partial charge in [-0.2, -0.15) is 0 Å². The summed E-state index contributed by atoms with van der Waals surface area (Å²) in [4.78, 5) is 37.2. The molecule has 2 aliphatic carbocycles. The highest BCUT2D eigenvalue weighted by Crippen LogP contribution is 2.38. The second-order valence-electron chi connectivity index (χ2n) is 6.28. The number of carboxylic acids is 1. The van der Waals surface area contributed by atoms with Gasteiger partial charge in [0.1, 0.15) is 11.6 Å². The number of nitrogens with zero attached hydrogens (tertiary/aromatic N) is 1. The van der Waals surface area contributed by atoms with Crippen molar-refractivity contribution in [2.24, 2.45) is 5.92 Å². The number of carbonyl (C=O) groups is 3. The first-order valence-electron chi connectivity index (χ1n) is 7.42. The minimum Gasteiger partial charge on any atom is -0.480 e. The highest BCUT2D eigenvalue weighted by Gasteiger charge is 2.55. The number of imide groups is 1. The first-order valence-corrected chi connectivity index (χ1v) is 7.42. The molecule has 0 unspecified atom stereocenters. The maximum absolute atomic E-state index is 12.6. The fraction of sp³-hybridized carbons (Fsp3) is 0.786. The Bertz CT molecular complexity index is 452. The molecule has 110 valence electrons. The number of carbonyl (C=O) groups excluding carboxylic acids is 2. The molecule has 2 saturated carbocycles. The predicted octanol–water partition coefficient (Wildman–Crippen LogP) is 1.49. The molecule has 20 heavy (non-hydrogen) atoms. The molecular weight excluding hydrogens is 260 g/mol. The fourth-order valence-corrected chi connectivity index (χ4v) is 3.40. The van der Waals surface area contributed by atoms with E-state index >= 15 is 0 Å². The highest BCUT2D eigenvalue weighted by atomic mass is 16.4. The third kappa shape index (κ3) is 2.17. The molecular formula is C14H20N2O4. The van der Waals surface area contributed by atoms with Gasteiger partial charge in [0.25, 0.3) is 5.91 Å². The second-order valence-corrected chi connectivity index (χ2v) is 6.28. The molecule has 1 heterocycles. The maximum Gasteiger partial charge on any atom is 0.327 e. The van der Waals surface area contributed by atoms with Crippen LogP contribution in [-0.2, 0) is 9.59 Å². The third-order valence-corrected chi connectivity index (χ3v) is 4.75. The van der Waals surface area contributed by atoms with Crippen molar-refractivity contribution in [3.05, 3.63) is 0 Å². The van der Waals surface area contributed by atoms with Crippen LogP contribution < -0.4 is 5.32 Å². The van der Waals surface area contributed by atoms with Crippen LogP contribution in [0.15, 0.2) is 0 Å². The Labute approximate surface area is 117 Å². The van der Waals surface area contributed by atoms with E-state index in [1.165, 1.54) is 0 Å². The van der Waals surface area contributed by atoms with Crippen LogP contribution in [0.4, 0.5) is 4.79 Å². The first kappa shape index (κ1) is 13.4. The van der Waals surface area contributed by atoms with Crippen molar-refractivity contribution in [1.29, 1.82) is 0 Å². The SMILES string of the molecule is O=C(O)[C@@H](CC1CC1)N1C(=O)NC2(CCCCC2)C1=O. The molecule has 1 atom stereocenters. The standard InChI is InChI=1S/C14H20N2O4/c17-11(18)10(8-9-4-5-9)16-12(19)14(15-13(16)20)6-2-1-3-7-14/h9-10H,1-8H2,(H,15,20)(H,17,18)/t10-/m1/s1. The van der Waals surface area contributed by atoms with Gasteiger partial charge >= 0.3 is 12.0 Å². The van der Waals surface area contributed by atoms with Gasteiger partial charge in [0.2, 0.25) is 0 Å². The van der Waals surface area contributed by atoms with Gasteiger partial charge in [-0.25, -0.2) is 14.5 Å². The number of carboxylic acid groups (broad SMARTS) is 1. The van der Waals surface area contributed by atoms with E-state index in [2.05, 4.69) is 5.32 Å². The molecule has 1 saturated heterocycles. The minimum absolute atomic E-state index is 0.324. The lowest BCUT2D eigenvalue weighted by atomic mass is 9.81. The van der Waals surface area contributed by atoms with Crippen LogP contribution in [0.2, 0.25) is 0 Å². The summed E-state index contributed by atoms with van der Waals surface area (Å²) >= 11 is 0. The normalized spacial score (nSPS) is 26.7. The van der Waals surface area contributed by atoms with Gasteiger partial charge in [-0.1, -0.05) is 32.1 Å². The molecule has 3 amide bonds. The van der Waals surface area contributed by atoms with E-state index in [4.69, 9.17) is 0 Å². The number of rotatable bonds is 4. The molecule has 0 aromatic heterocycles. The Balaban J connectivity index is 1.82. The second kappa shape index (κ2) is 4.75.